The van der Waals surface area contributed by atoms with E-state index in [1.807, 2.05) is 0 Å². The summed E-state index contributed by atoms with van der Waals surface area (Å²) in [5.41, 5.74) is 5.62. The second-order valence-corrected chi connectivity index (χ2v) is 1.98. The molecule has 3 nitrogen and oxygen atoms in total. The van der Waals surface area contributed by atoms with Gasteiger partial charge >= 0.3 is 0 Å². The van der Waals surface area contributed by atoms with E-state index in [1.165, 1.54) is 12.1 Å². The van der Waals surface area contributed by atoms with Gasteiger partial charge in [0.05, 0.1) is 0 Å². The van der Waals surface area contributed by atoms with Crippen LogP contribution in [0.4, 0.5) is 0 Å². The summed E-state index contributed by atoms with van der Waals surface area (Å²) in [5.74, 6) is 0.0880. The Balaban J connectivity index is 0.000001000. The van der Waals surface area contributed by atoms with Gasteiger partial charge < -0.3 is 15.9 Å². The minimum Gasteiger partial charge on any atom is -0.507 e. The third-order valence-corrected chi connectivity index (χ3v) is 1.33. The number of benzene rings is 1. The van der Waals surface area contributed by atoms with Crippen molar-refractivity contribution in [3.63, 3.8) is 0 Å². The van der Waals surface area contributed by atoms with Gasteiger partial charge in [0.1, 0.15) is 11.5 Å². The van der Waals surface area contributed by atoms with Crippen molar-refractivity contribution < 1.29 is 10.2 Å². The SMILES string of the molecule is Br.NCc1c(O)cccc1O. The van der Waals surface area contributed by atoms with Gasteiger partial charge in [-0.3, -0.25) is 0 Å². The van der Waals surface area contributed by atoms with E-state index in [-0.39, 0.29) is 35.0 Å². The Morgan fingerprint density at radius 3 is 1.91 bits per heavy atom. The summed E-state index contributed by atoms with van der Waals surface area (Å²) in [6.45, 7) is 0.151. The lowest BCUT2D eigenvalue weighted by atomic mass is 10.2. The average Bonchev–Trinajstić information content (AvgIpc) is 1.88. The van der Waals surface area contributed by atoms with Crippen molar-refractivity contribution in [2.75, 3.05) is 0 Å². The van der Waals surface area contributed by atoms with Crippen molar-refractivity contribution in [1.82, 2.24) is 0 Å². The summed E-state index contributed by atoms with van der Waals surface area (Å²) >= 11 is 0. The Morgan fingerprint density at radius 2 is 1.64 bits per heavy atom. The highest BCUT2D eigenvalue weighted by molar-refractivity contribution is 8.93. The molecule has 0 amide bonds. The van der Waals surface area contributed by atoms with E-state index in [9.17, 15) is 0 Å². The molecule has 0 heterocycles. The molecule has 4 N–H and O–H groups in total. The lowest BCUT2D eigenvalue weighted by Gasteiger charge is -2.01. The van der Waals surface area contributed by atoms with E-state index in [1.54, 1.807) is 6.07 Å². The highest BCUT2D eigenvalue weighted by atomic mass is 79.9. The van der Waals surface area contributed by atoms with Gasteiger partial charge in [-0.2, -0.15) is 0 Å². The minimum atomic E-state index is 0. The molecule has 62 valence electrons. The van der Waals surface area contributed by atoms with Gasteiger partial charge in [-0.1, -0.05) is 6.07 Å². The van der Waals surface area contributed by atoms with Gasteiger partial charge in [0.2, 0.25) is 0 Å². The smallest absolute Gasteiger partial charge is 0.123 e. The summed E-state index contributed by atoms with van der Waals surface area (Å²) in [6.07, 6.45) is 0. The second kappa shape index (κ2) is 4.20. The number of nitrogens with two attached hydrogens (primary N) is 1. The van der Waals surface area contributed by atoms with Crippen LogP contribution in [0.25, 0.3) is 0 Å². The van der Waals surface area contributed by atoms with Gasteiger partial charge in [-0.05, 0) is 12.1 Å². The maximum Gasteiger partial charge on any atom is 0.123 e. The van der Waals surface area contributed by atoms with Crippen molar-refractivity contribution in [2.24, 2.45) is 5.73 Å². The summed E-state index contributed by atoms with van der Waals surface area (Å²) in [6, 6.07) is 4.54. The first-order chi connectivity index (χ1) is 4.75. The Kier molecular flexibility index (Phi) is 3.92. The number of aromatic hydroxyl groups is 2. The van der Waals surface area contributed by atoms with Gasteiger partial charge in [0, 0.05) is 12.1 Å². The van der Waals surface area contributed by atoms with Crippen molar-refractivity contribution in [3.05, 3.63) is 23.8 Å². The molecule has 0 atom stereocenters. The molecule has 0 bridgehead atoms. The first kappa shape index (κ1) is 10.3. The molecule has 0 radical (unpaired) electrons. The van der Waals surface area contributed by atoms with Crippen LogP contribution in [0, 0.1) is 0 Å². The van der Waals surface area contributed by atoms with Crippen LogP contribution < -0.4 is 5.73 Å². The minimum absolute atomic E-state index is 0. The summed E-state index contributed by atoms with van der Waals surface area (Å²) in [4.78, 5) is 0. The van der Waals surface area contributed by atoms with Gasteiger partial charge in [-0.25, -0.2) is 0 Å². The predicted molar refractivity (Wildman–Crippen MR) is 48.0 cm³/mol. The maximum absolute atomic E-state index is 9.05. The lowest BCUT2D eigenvalue weighted by molar-refractivity contribution is 0.439. The van der Waals surface area contributed by atoms with Crippen molar-refractivity contribution in [1.29, 1.82) is 0 Å². The van der Waals surface area contributed by atoms with Crippen LogP contribution >= 0.6 is 17.0 Å². The molecule has 4 heteroatoms. The normalized spacial score (nSPS) is 8.82. The zero-order valence-electron chi connectivity index (χ0n) is 5.82. The maximum atomic E-state index is 9.05. The first-order valence-electron chi connectivity index (χ1n) is 2.95. The molecular formula is C7H10BrNO2. The fourth-order valence-electron chi connectivity index (χ4n) is 0.772. The average molecular weight is 220 g/mol. The van der Waals surface area contributed by atoms with Crippen LogP contribution in [-0.2, 0) is 6.54 Å². The first-order valence-corrected chi connectivity index (χ1v) is 2.95. The summed E-state index contributed by atoms with van der Waals surface area (Å²) < 4.78 is 0. The van der Waals surface area contributed by atoms with Crippen LogP contribution in [-0.4, -0.2) is 10.2 Å². The quantitative estimate of drug-likeness (QED) is 0.664. The van der Waals surface area contributed by atoms with E-state index < -0.39 is 0 Å². The van der Waals surface area contributed by atoms with Crippen molar-refractivity contribution in [2.45, 2.75) is 6.54 Å². The summed E-state index contributed by atoms with van der Waals surface area (Å²) in [5, 5.41) is 18.1. The highest BCUT2D eigenvalue weighted by Gasteiger charge is 2.02. The molecule has 0 spiro atoms. The number of hydrogen-bond acceptors (Lipinski definition) is 3. The molecule has 0 saturated heterocycles. The van der Waals surface area contributed by atoms with Crippen LogP contribution in [0.1, 0.15) is 5.56 Å². The fraction of sp³-hybridized carbons (Fsp3) is 0.143. The van der Waals surface area contributed by atoms with Crippen molar-refractivity contribution >= 4 is 17.0 Å². The van der Waals surface area contributed by atoms with Gasteiger partial charge in [0.15, 0.2) is 0 Å². The largest absolute Gasteiger partial charge is 0.507 e. The molecule has 0 aliphatic rings. The predicted octanol–water partition coefficient (Wildman–Crippen LogP) is 1.13. The van der Waals surface area contributed by atoms with E-state index in [4.69, 9.17) is 15.9 Å². The van der Waals surface area contributed by atoms with Crippen LogP contribution in [0.15, 0.2) is 18.2 Å². The van der Waals surface area contributed by atoms with E-state index >= 15 is 0 Å². The molecule has 0 aliphatic carbocycles. The van der Waals surface area contributed by atoms with Crippen LogP contribution in [0.2, 0.25) is 0 Å². The van der Waals surface area contributed by atoms with Gasteiger partial charge in [-0.15, -0.1) is 17.0 Å². The molecule has 0 fully saturated rings. The lowest BCUT2D eigenvalue weighted by Crippen LogP contribution is -1.96. The molecule has 0 saturated carbocycles. The number of phenolic OH excluding ortho intramolecular Hbond substituents is 2. The molecule has 0 unspecified atom stereocenters. The standard InChI is InChI=1S/C7H9NO2.BrH/c8-4-5-6(9)2-1-3-7(5)10;/h1-3,9-10H,4,8H2;1H. The highest BCUT2D eigenvalue weighted by Crippen LogP contribution is 2.24. The van der Waals surface area contributed by atoms with E-state index in [0.29, 0.717) is 5.56 Å². The zero-order chi connectivity index (χ0) is 7.56. The molecule has 1 aromatic carbocycles. The summed E-state index contributed by atoms with van der Waals surface area (Å²) in [7, 11) is 0. The number of rotatable bonds is 1. The number of phenols is 2. The fourth-order valence-corrected chi connectivity index (χ4v) is 0.772. The molecule has 11 heavy (non-hydrogen) atoms. The number of halogens is 1. The van der Waals surface area contributed by atoms with E-state index in [2.05, 4.69) is 0 Å². The zero-order valence-corrected chi connectivity index (χ0v) is 7.53. The Hall–Kier alpha value is -0.740. The molecule has 1 rings (SSSR count). The van der Waals surface area contributed by atoms with Crippen LogP contribution in [0.3, 0.4) is 0 Å². The topological polar surface area (TPSA) is 66.5 Å². The Morgan fingerprint density at radius 1 is 1.18 bits per heavy atom. The molecular weight excluding hydrogens is 210 g/mol. The molecule has 0 aliphatic heterocycles. The van der Waals surface area contributed by atoms with Gasteiger partial charge in [0.25, 0.3) is 0 Å². The molecule has 0 aromatic heterocycles. The third-order valence-electron chi connectivity index (χ3n) is 1.33. The second-order valence-electron chi connectivity index (χ2n) is 1.98. The van der Waals surface area contributed by atoms with Crippen molar-refractivity contribution in [3.8, 4) is 11.5 Å². The Labute approximate surface area is 75.2 Å². The Bertz CT molecular complexity index is 220. The van der Waals surface area contributed by atoms with Crippen LogP contribution in [0.5, 0.6) is 11.5 Å². The third kappa shape index (κ3) is 2.10. The molecule has 1 aromatic rings. The van der Waals surface area contributed by atoms with E-state index in [0.717, 1.165) is 0 Å². The number of hydrogen-bond donors (Lipinski definition) is 3. The monoisotopic (exact) mass is 219 g/mol.